The average Bonchev–Trinajstić information content (AvgIpc) is 3.22. The molecule has 2 heterocycles. The number of nitrogens with zero attached hydrogens (tertiary/aromatic N) is 3. The molecule has 0 spiro atoms. The van der Waals surface area contributed by atoms with Crippen LogP contribution in [0.3, 0.4) is 0 Å². The molecule has 0 bridgehead atoms. The number of aromatic nitrogens is 3. The van der Waals surface area contributed by atoms with Crippen molar-refractivity contribution in [1.82, 2.24) is 19.9 Å². The highest BCUT2D eigenvalue weighted by atomic mass is 79.9. The third kappa shape index (κ3) is 4.76. The number of halogens is 2. The van der Waals surface area contributed by atoms with Crippen LogP contribution in [0.2, 0.25) is 5.02 Å². The minimum Gasteiger partial charge on any atom is -0.368 e. The van der Waals surface area contributed by atoms with Gasteiger partial charge in [-0.3, -0.25) is 4.79 Å². The molecule has 0 aliphatic rings. The first-order valence-electron chi connectivity index (χ1n) is 10.9. The van der Waals surface area contributed by atoms with Crippen LogP contribution in [-0.4, -0.2) is 33.6 Å². The van der Waals surface area contributed by atoms with Gasteiger partial charge in [0, 0.05) is 29.7 Å². The summed E-state index contributed by atoms with van der Waals surface area (Å²) < 4.78 is 2.51. The van der Waals surface area contributed by atoms with E-state index in [-0.39, 0.29) is 5.91 Å². The molecule has 0 unspecified atom stereocenters. The number of carbonyl (C=O) groups is 1. The minimum absolute atomic E-state index is 0.0180. The monoisotopic (exact) mass is 533 g/mol. The molecule has 6 nitrogen and oxygen atoms in total. The van der Waals surface area contributed by atoms with E-state index in [1.54, 1.807) is 10.7 Å². The fourth-order valence-electron chi connectivity index (χ4n) is 3.86. The van der Waals surface area contributed by atoms with Crippen LogP contribution >= 0.6 is 27.5 Å². The van der Waals surface area contributed by atoms with Gasteiger partial charge in [0.2, 0.25) is 5.91 Å². The molecule has 0 saturated carbocycles. The average molecular weight is 535 g/mol. The van der Waals surface area contributed by atoms with Crippen molar-refractivity contribution in [3.8, 4) is 11.3 Å². The van der Waals surface area contributed by atoms with Gasteiger partial charge < -0.3 is 10.6 Å². The predicted molar refractivity (Wildman–Crippen MR) is 140 cm³/mol. The Labute approximate surface area is 210 Å². The van der Waals surface area contributed by atoms with Crippen molar-refractivity contribution < 1.29 is 4.79 Å². The normalized spacial score (nSPS) is 11.1. The van der Waals surface area contributed by atoms with Crippen molar-refractivity contribution in [3.05, 3.63) is 94.1 Å². The molecule has 5 rings (SSSR count). The van der Waals surface area contributed by atoms with Gasteiger partial charge in [-0.05, 0) is 38.3 Å². The van der Waals surface area contributed by atoms with Gasteiger partial charge >= 0.3 is 0 Å². The van der Waals surface area contributed by atoms with E-state index in [0.717, 1.165) is 32.5 Å². The van der Waals surface area contributed by atoms with E-state index in [1.165, 1.54) is 5.39 Å². The largest absolute Gasteiger partial charge is 0.368 e. The fraction of sp³-hybridized carbons (Fsp3) is 0.115. The number of benzene rings is 3. The Morgan fingerprint density at radius 2 is 1.76 bits per heavy atom. The minimum atomic E-state index is -0.0180. The van der Waals surface area contributed by atoms with Crippen molar-refractivity contribution in [2.24, 2.45) is 0 Å². The molecule has 34 heavy (non-hydrogen) atoms. The lowest BCUT2D eigenvalue weighted by molar-refractivity contribution is -0.120. The Morgan fingerprint density at radius 3 is 2.62 bits per heavy atom. The predicted octanol–water partition coefficient (Wildman–Crippen LogP) is 5.74. The molecule has 0 fully saturated rings. The molecule has 2 aromatic heterocycles. The lowest BCUT2D eigenvalue weighted by Crippen LogP contribution is -2.30. The molecule has 1 amide bonds. The van der Waals surface area contributed by atoms with E-state index in [2.05, 4.69) is 49.9 Å². The van der Waals surface area contributed by atoms with Crippen molar-refractivity contribution in [1.29, 1.82) is 0 Å². The lowest BCUT2D eigenvalue weighted by Gasteiger charge is -2.12. The highest BCUT2D eigenvalue weighted by Crippen LogP contribution is 2.30. The zero-order valence-corrected chi connectivity index (χ0v) is 20.5. The second-order valence-electron chi connectivity index (χ2n) is 7.87. The maximum atomic E-state index is 12.5. The van der Waals surface area contributed by atoms with Crippen LogP contribution in [-0.2, 0) is 11.2 Å². The summed E-state index contributed by atoms with van der Waals surface area (Å²) in [5.74, 6) is 0.741. The van der Waals surface area contributed by atoms with Gasteiger partial charge in [0.15, 0.2) is 5.65 Å². The number of hydrogen-bond acceptors (Lipinski definition) is 4. The summed E-state index contributed by atoms with van der Waals surface area (Å²) in [5.41, 5.74) is 3.25. The molecular weight excluding hydrogens is 514 g/mol. The van der Waals surface area contributed by atoms with Gasteiger partial charge in [-0.1, -0.05) is 72.3 Å². The summed E-state index contributed by atoms with van der Waals surface area (Å²) in [6.07, 6.45) is 2.04. The van der Waals surface area contributed by atoms with Crippen LogP contribution in [0.5, 0.6) is 0 Å². The Balaban J connectivity index is 1.25. The van der Waals surface area contributed by atoms with Crippen molar-refractivity contribution in [2.45, 2.75) is 6.42 Å². The summed E-state index contributed by atoms with van der Waals surface area (Å²) >= 11 is 9.90. The number of amides is 1. The maximum absolute atomic E-state index is 12.5. The molecule has 0 aliphatic heterocycles. The van der Waals surface area contributed by atoms with Gasteiger partial charge in [-0.25, -0.2) is 4.98 Å². The first kappa shape index (κ1) is 22.4. The zero-order valence-electron chi connectivity index (χ0n) is 18.1. The van der Waals surface area contributed by atoms with Crippen molar-refractivity contribution in [3.63, 3.8) is 0 Å². The smallest absolute Gasteiger partial charge is 0.224 e. The molecule has 5 aromatic rings. The Bertz CT molecular complexity index is 1500. The van der Waals surface area contributed by atoms with Crippen LogP contribution < -0.4 is 10.6 Å². The van der Waals surface area contributed by atoms with E-state index in [4.69, 9.17) is 16.6 Å². The molecule has 0 saturated heterocycles. The van der Waals surface area contributed by atoms with Gasteiger partial charge in [0.1, 0.15) is 5.82 Å². The second-order valence-corrected chi connectivity index (χ2v) is 9.13. The van der Waals surface area contributed by atoms with Gasteiger partial charge in [-0.15, -0.1) is 0 Å². The van der Waals surface area contributed by atoms with E-state index in [9.17, 15) is 4.79 Å². The number of fused-ring (bicyclic) bond motifs is 2. The van der Waals surface area contributed by atoms with Crippen molar-refractivity contribution in [2.75, 3.05) is 18.4 Å². The van der Waals surface area contributed by atoms with Crippen molar-refractivity contribution >= 4 is 55.7 Å². The Morgan fingerprint density at radius 1 is 0.971 bits per heavy atom. The third-order valence-corrected chi connectivity index (χ3v) is 6.40. The van der Waals surface area contributed by atoms with Crippen LogP contribution in [0, 0.1) is 0 Å². The molecule has 0 aliphatic carbocycles. The Hall–Kier alpha value is -3.42. The SMILES string of the molecule is O=C(Cc1ccc2ccccc2c1)NCCNc1cc(-c2ccccc2Cl)nc2c(Br)cnn12. The molecule has 2 N–H and O–H groups in total. The second kappa shape index (κ2) is 9.83. The Kier molecular flexibility index (Phi) is 6.47. The molecule has 8 heteroatoms. The highest BCUT2D eigenvalue weighted by molar-refractivity contribution is 9.10. The molecule has 0 radical (unpaired) electrons. The summed E-state index contributed by atoms with van der Waals surface area (Å²) in [6, 6.07) is 23.7. The number of carbonyl (C=O) groups excluding carboxylic acids is 1. The number of nitrogens with one attached hydrogen (secondary N) is 2. The van der Waals surface area contributed by atoms with Gasteiger partial charge in [0.05, 0.1) is 22.8 Å². The first-order chi connectivity index (χ1) is 16.6. The van der Waals surface area contributed by atoms with Crippen LogP contribution in [0.25, 0.3) is 27.7 Å². The topological polar surface area (TPSA) is 71.3 Å². The summed E-state index contributed by atoms with van der Waals surface area (Å²) in [4.78, 5) is 17.2. The van der Waals surface area contributed by atoms with Crippen LogP contribution in [0.1, 0.15) is 5.56 Å². The summed E-state index contributed by atoms with van der Waals surface area (Å²) in [5, 5.41) is 13.7. The number of rotatable bonds is 7. The molecular formula is C26H21BrClN5O. The summed E-state index contributed by atoms with van der Waals surface area (Å²) in [6.45, 7) is 1.00. The van der Waals surface area contributed by atoms with Gasteiger partial charge in [0.25, 0.3) is 0 Å². The molecule has 0 atom stereocenters. The van der Waals surface area contributed by atoms with Gasteiger partial charge in [-0.2, -0.15) is 9.61 Å². The number of anilines is 1. The highest BCUT2D eigenvalue weighted by Gasteiger charge is 2.13. The van der Waals surface area contributed by atoms with E-state index in [0.29, 0.717) is 30.2 Å². The molecule has 3 aromatic carbocycles. The zero-order chi connectivity index (χ0) is 23.5. The maximum Gasteiger partial charge on any atom is 0.224 e. The fourth-order valence-corrected chi connectivity index (χ4v) is 4.44. The van der Waals surface area contributed by atoms with E-state index in [1.807, 2.05) is 54.6 Å². The van der Waals surface area contributed by atoms with E-state index >= 15 is 0 Å². The number of hydrogen-bond donors (Lipinski definition) is 2. The summed E-state index contributed by atoms with van der Waals surface area (Å²) in [7, 11) is 0. The quantitative estimate of drug-likeness (QED) is 0.261. The third-order valence-electron chi connectivity index (χ3n) is 5.51. The van der Waals surface area contributed by atoms with Crippen LogP contribution in [0.15, 0.2) is 83.5 Å². The first-order valence-corrected chi connectivity index (χ1v) is 12.0. The standard InChI is InChI=1S/C26H21BrClN5O/c27-21-16-31-33-24(15-23(32-26(21)33)20-7-3-4-8-22(20)28)29-11-12-30-25(34)14-17-9-10-18-5-1-2-6-19(18)13-17/h1-10,13,15-16,29H,11-12,14H2,(H,30,34). The molecule has 170 valence electrons. The van der Waals surface area contributed by atoms with E-state index < -0.39 is 0 Å². The van der Waals surface area contributed by atoms with Crippen LogP contribution in [0.4, 0.5) is 5.82 Å². The lowest BCUT2D eigenvalue weighted by atomic mass is 10.1.